The van der Waals surface area contributed by atoms with Gasteiger partial charge in [0, 0.05) is 56.4 Å². The van der Waals surface area contributed by atoms with Crippen LogP contribution in [0.2, 0.25) is 0 Å². The van der Waals surface area contributed by atoms with Gasteiger partial charge in [-0.3, -0.25) is 4.68 Å². The van der Waals surface area contributed by atoms with Crippen molar-refractivity contribution in [1.82, 2.24) is 25.0 Å². The maximum atomic E-state index is 6.34. The number of anilines is 1. The first kappa shape index (κ1) is 24.7. The lowest BCUT2D eigenvalue weighted by molar-refractivity contribution is 0.422. The predicted octanol–water partition coefficient (Wildman–Crippen LogP) is 3.50. The molecule has 0 unspecified atom stereocenters. The van der Waals surface area contributed by atoms with Crippen molar-refractivity contribution in [2.45, 2.75) is 33.5 Å². The van der Waals surface area contributed by atoms with Crippen LogP contribution in [0.5, 0.6) is 0 Å². The minimum atomic E-state index is 0.543. The Kier molecular flexibility index (Phi) is 7.44. The number of hydrogen-bond donors (Lipinski definition) is 4. The third-order valence-electron chi connectivity index (χ3n) is 6.45. The number of pyridine rings is 1. The normalized spacial score (nSPS) is 12.2. The zero-order chi connectivity index (χ0) is 25.7. The molecule has 2 aromatic carbocycles. The third kappa shape index (κ3) is 5.60. The monoisotopic (exact) mass is 482 g/mol. The topological polar surface area (TPSA) is 124 Å². The third-order valence-corrected chi connectivity index (χ3v) is 6.45. The molecule has 0 fully saturated rings. The number of hydrogen-bond acceptors (Lipinski definition) is 7. The van der Waals surface area contributed by atoms with E-state index in [0.29, 0.717) is 24.7 Å². The highest BCUT2D eigenvalue weighted by atomic mass is 15.3. The summed E-state index contributed by atoms with van der Waals surface area (Å²) in [6.07, 6.45) is 8.92. The minimum absolute atomic E-state index is 0.543. The van der Waals surface area contributed by atoms with E-state index in [1.807, 2.05) is 36.1 Å². The van der Waals surface area contributed by atoms with Gasteiger partial charge in [0.1, 0.15) is 5.82 Å². The number of rotatable bonds is 9. The van der Waals surface area contributed by atoms with Crippen LogP contribution < -0.4 is 22.5 Å². The quantitative estimate of drug-likeness (QED) is 0.269. The number of nitrogens with zero attached hydrogens (tertiary/aromatic N) is 4. The number of allylic oxidation sites excluding steroid dienone is 1. The fraction of sp³-hybridized carbons (Fsp3) is 0.214. The van der Waals surface area contributed by atoms with Gasteiger partial charge in [0.2, 0.25) is 0 Å². The molecule has 2 aromatic heterocycles. The maximum absolute atomic E-state index is 6.34. The van der Waals surface area contributed by atoms with E-state index in [1.165, 1.54) is 22.3 Å². The summed E-state index contributed by atoms with van der Waals surface area (Å²) < 4.78 is 1.91. The Hall–Kier alpha value is -4.46. The van der Waals surface area contributed by atoms with E-state index in [0.717, 1.165) is 28.6 Å². The van der Waals surface area contributed by atoms with Crippen molar-refractivity contribution in [2.24, 2.45) is 11.5 Å². The lowest BCUT2D eigenvalue weighted by atomic mass is 9.96. The Balaban J connectivity index is 1.40. The van der Waals surface area contributed by atoms with Gasteiger partial charge in [0.25, 0.3) is 0 Å². The van der Waals surface area contributed by atoms with Gasteiger partial charge in [-0.1, -0.05) is 24.3 Å². The molecule has 0 aliphatic heterocycles. The van der Waals surface area contributed by atoms with Crippen LogP contribution in [0.3, 0.4) is 0 Å². The highest BCUT2D eigenvalue weighted by molar-refractivity contribution is 5.94. The average Bonchev–Trinajstić information content (AvgIpc) is 3.37. The van der Waals surface area contributed by atoms with Crippen LogP contribution in [-0.4, -0.2) is 26.7 Å². The van der Waals surface area contributed by atoms with Crippen molar-refractivity contribution in [2.75, 3.05) is 12.8 Å². The highest BCUT2D eigenvalue weighted by Crippen LogP contribution is 2.28. The van der Waals surface area contributed by atoms with E-state index in [1.54, 1.807) is 18.6 Å². The van der Waals surface area contributed by atoms with E-state index in [2.05, 4.69) is 64.5 Å². The van der Waals surface area contributed by atoms with Gasteiger partial charge in [-0.25, -0.2) is 4.98 Å². The lowest BCUT2D eigenvalue weighted by Gasteiger charge is -2.21. The molecule has 36 heavy (non-hydrogen) atoms. The largest absolute Gasteiger partial charge is 0.403 e. The number of aromatic nitrogens is 3. The second kappa shape index (κ2) is 10.9. The van der Waals surface area contributed by atoms with Crippen LogP contribution in [-0.2, 0) is 19.6 Å². The molecule has 0 radical (unpaired) electrons. The van der Waals surface area contributed by atoms with E-state index < -0.39 is 0 Å². The summed E-state index contributed by atoms with van der Waals surface area (Å²) in [4.78, 5) is 6.28. The summed E-state index contributed by atoms with van der Waals surface area (Å²) in [7, 11) is 2.00. The number of nitrogen functional groups attached to an aromatic ring is 1. The predicted molar refractivity (Wildman–Crippen MR) is 146 cm³/mol. The molecule has 4 rings (SSSR count). The molecule has 0 saturated heterocycles. The Morgan fingerprint density at radius 1 is 1.08 bits per heavy atom. The summed E-state index contributed by atoms with van der Waals surface area (Å²) in [5.74, 6) is 1.09. The van der Waals surface area contributed by atoms with Crippen LogP contribution in [0.1, 0.15) is 27.8 Å². The fourth-order valence-corrected chi connectivity index (χ4v) is 4.38. The summed E-state index contributed by atoms with van der Waals surface area (Å²) >= 11 is 0. The molecule has 7 N–H and O–H groups in total. The molecule has 0 spiro atoms. The van der Waals surface area contributed by atoms with E-state index in [4.69, 9.17) is 17.2 Å². The highest BCUT2D eigenvalue weighted by Gasteiger charge is 2.11. The second-order valence-corrected chi connectivity index (χ2v) is 9.01. The number of likely N-dealkylation sites (N-methyl/N-ethyl adjacent to an activating group) is 1. The standard InChI is InChI=1S/C28H34N8/c1-19-13-25-24(9-11-32-28(25)31)20(2)26(19)16-33-27(30)14-23(15-29)35(3)17-21-5-7-22(8-6-21)18-36-12-4-10-34-36/h4-15,33H,16-18,29-30H2,1-3H3,(H2,31,32)/b23-15+,27-14+. The van der Waals surface area contributed by atoms with Gasteiger partial charge in [-0.15, -0.1) is 0 Å². The van der Waals surface area contributed by atoms with Crippen molar-refractivity contribution in [3.8, 4) is 0 Å². The number of fused-ring (bicyclic) bond motifs is 1. The van der Waals surface area contributed by atoms with Gasteiger partial charge >= 0.3 is 0 Å². The molecular formula is C28H34N8. The molecule has 0 saturated carbocycles. The lowest BCUT2D eigenvalue weighted by Crippen LogP contribution is -2.24. The van der Waals surface area contributed by atoms with Gasteiger partial charge < -0.3 is 27.4 Å². The SMILES string of the molecule is Cc1cc2c(N)nccc2c(C)c1CN/C(N)=C/C(=C\N)N(C)Cc1ccc(Cn2cccn2)cc1. The average molecular weight is 483 g/mol. The van der Waals surface area contributed by atoms with Crippen LogP contribution in [0.4, 0.5) is 5.82 Å². The summed E-state index contributed by atoms with van der Waals surface area (Å²) in [5.41, 5.74) is 25.1. The van der Waals surface area contributed by atoms with Crippen LogP contribution in [0, 0.1) is 13.8 Å². The first-order chi connectivity index (χ1) is 17.4. The zero-order valence-electron chi connectivity index (χ0n) is 21.1. The van der Waals surface area contributed by atoms with Crippen molar-refractivity contribution < 1.29 is 0 Å². The van der Waals surface area contributed by atoms with Crippen LogP contribution in [0.15, 0.2) is 84.8 Å². The minimum Gasteiger partial charge on any atom is -0.403 e. The number of nitrogens with one attached hydrogen (secondary N) is 1. The molecule has 0 aliphatic carbocycles. The Bertz CT molecular complexity index is 1390. The number of aryl methyl sites for hydroxylation is 2. The van der Waals surface area contributed by atoms with Gasteiger partial charge in [-0.05, 0) is 65.3 Å². The molecular weight excluding hydrogens is 448 g/mol. The molecule has 8 nitrogen and oxygen atoms in total. The van der Waals surface area contributed by atoms with Crippen molar-refractivity contribution >= 4 is 16.6 Å². The van der Waals surface area contributed by atoms with Gasteiger partial charge in [0.05, 0.1) is 18.1 Å². The zero-order valence-corrected chi connectivity index (χ0v) is 21.1. The Morgan fingerprint density at radius 3 is 2.53 bits per heavy atom. The fourth-order valence-electron chi connectivity index (χ4n) is 4.38. The van der Waals surface area contributed by atoms with Crippen molar-refractivity contribution in [1.29, 1.82) is 0 Å². The second-order valence-electron chi connectivity index (χ2n) is 9.01. The van der Waals surface area contributed by atoms with E-state index >= 15 is 0 Å². The molecule has 2 heterocycles. The van der Waals surface area contributed by atoms with Crippen LogP contribution >= 0.6 is 0 Å². The molecule has 8 heteroatoms. The van der Waals surface area contributed by atoms with Gasteiger partial charge in [0.15, 0.2) is 0 Å². The molecule has 0 amide bonds. The Morgan fingerprint density at radius 2 is 1.83 bits per heavy atom. The first-order valence-corrected chi connectivity index (χ1v) is 11.9. The molecule has 0 aliphatic rings. The Labute approximate surface area is 212 Å². The molecule has 0 atom stereocenters. The van der Waals surface area contributed by atoms with Crippen molar-refractivity contribution in [3.63, 3.8) is 0 Å². The van der Waals surface area contributed by atoms with E-state index in [9.17, 15) is 0 Å². The number of nitrogens with two attached hydrogens (primary N) is 3. The molecule has 186 valence electrons. The molecule has 0 bridgehead atoms. The number of benzene rings is 2. The molecule has 4 aromatic rings. The summed E-state index contributed by atoms with van der Waals surface area (Å²) in [6.45, 7) is 6.23. The van der Waals surface area contributed by atoms with E-state index in [-0.39, 0.29) is 0 Å². The van der Waals surface area contributed by atoms with Crippen LogP contribution in [0.25, 0.3) is 10.8 Å². The first-order valence-electron chi connectivity index (χ1n) is 11.9. The maximum Gasteiger partial charge on any atom is 0.131 e. The summed E-state index contributed by atoms with van der Waals surface area (Å²) in [6, 6.07) is 14.5. The summed E-state index contributed by atoms with van der Waals surface area (Å²) in [5, 5.41) is 9.67. The smallest absolute Gasteiger partial charge is 0.131 e. The van der Waals surface area contributed by atoms with Crippen molar-refractivity contribution in [3.05, 3.63) is 113 Å². The van der Waals surface area contributed by atoms with Gasteiger partial charge in [-0.2, -0.15) is 5.10 Å².